The largest absolute Gasteiger partial charge is 0.448 e. The Kier molecular flexibility index (Phi) is 3.98. The molecule has 1 saturated carbocycles. The van der Waals surface area contributed by atoms with Crippen molar-refractivity contribution in [2.24, 2.45) is 5.92 Å². The third kappa shape index (κ3) is 3.69. The van der Waals surface area contributed by atoms with Crippen molar-refractivity contribution < 1.29 is 27.5 Å². The van der Waals surface area contributed by atoms with Crippen LogP contribution < -0.4 is 5.32 Å². The van der Waals surface area contributed by atoms with Crippen molar-refractivity contribution in [2.45, 2.75) is 32.0 Å². The Morgan fingerprint density at radius 3 is 2.65 bits per heavy atom. The maximum atomic E-state index is 12.7. The summed E-state index contributed by atoms with van der Waals surface area (Å²) in [5.74, 6) is -2.18. The molecule has 1 atom stereocenters. The third-order valence-corrected chi connectivity index (χ3v) is 3.36. The molecule has 1 aromatic heterocycles. The molecular formula is C11H11F3N2O3S. The summed E-state index contributed by atoms with van der Waals surface area (Å²) in [4.78, 5) is 26.1. The van der Waals surface area contributed by atoms with Crippen molar-refractivity contribution in [3.8, 4) is 0 Å². The predicted molar refractivity (Wildman–Crippen MR) is 64.4 cm³/mol. The van der Waals surface area contributed by atoms with Crippen LogP contribution in [0, 0.1) is 5.92 Å². The van der Waals surface area contributed by atoms with Crippen LogP contribution in [0.25, 0.3) is 0 Å². The predicted octanol–water partition coefficient (Wildman–Crippen LogP) is 2.60. The summed E-state index contributed by atoms with van der Waals surface area (Å²) in [7, 11) is 0. The highest BCUT2D eigenvalue weighted by atomic mass is 32.1. The molecule has 1 N–H and O–H groups in total. The van der Waals surface area contributed by atoms with Gasteiger partial charge in [0.25, 0.3) is 0 Å². The molecule has 1 aromatic rings. The van der Waals surface area contributed by atoms with Crippen LogP contribution in [-0.4, -0.2) is 29.1 Å². The zero-order valence-electron chi connectivity index (χ0n) is 10.4. The number of amides is 1. The Bertz CT molecular complexity index is 525. The molecule has 0 saturated heterocycles. The summed E-state index contributed by atoms with van der Waals surface area (Å²) in [5.41, 5.74) is -0.242. The molecule has 0 bridgehead atoms. The van der Waals surface area contributed by atoms with Gasteiger partial charge in [-0.15, -0.1) is 11.3 Å². The van der Waals surface area contributed by atoms with Gasteiger partial charge in [0.1, 0.15) is 0 Å². The number of thiazole rings is 1. The van der Waals surface area contributed by atoms with Crippen molar-refractivity contribution in [3.63, 3.8) is 0 Å². The number of nitrogens with zero attached hydrogens (tertiary/aromatic N) is 1. The van der Waals surface area contributed by atoms with Gasteiger partial charge >= 0.3 is 12.1 Å². The average Bonchev–Trinajstić information content (AvgIpc) is 3.03. The zero-order valence-corrected chi connectivity index (χ0v) is 11.2. The van der Waals surface area contributed by atoms with Crippen LogP contribution in [0.2, 0.25) is 0 Å². The first kappa shape index (κ1) is 14.8. The second kappa shape index (κ2) is 5.39. The Balaban J connectivity index is 2.03. The number of hydrogen-bond acceptors (Lipinski definition) is 5. The lowest BCUT2D eigenvalue weighted by Crippen LogP contribution is -2.35. The topological polar surface area (TPSA) is 68.3 Å². The van der Waals surface area contributed by atoms with Gasteiger partial charge in [0.05, 0.1) is 0 Å². The van der Waals surface area contributed by atoms with E-state index in [1.54, 1.807) is 0 Å². The molecule has 1 heterocycles. The standard InChI is InChI=1S/C11H11F3N2O3S/c1-5(17)15-10-16-7(4-20-10)9(18)19-8(6-2-3-6)11(12,13)14/h4,6,8H,2-3H2,1H3,(H,15,16,17). The molecule has 0 aliphatic heterocycles. The first-order chi connectivity index (χ1) is 9.27. The van der Waals surface area contributed by atoms with E-state index < -0.39 is 24.2 Å². The fourth-order valence-electron chi connectivity index (χ4n) is 1.58. The second-order valence-corrected chi connectivity index (χ2v) is 5.28. The number of esters is 1. The number of carbonyl (C=O) groups excluding carboxylic acids is 2. The Morgan fingerprint density at radius 1 is 1.50 bits per heavy atom. The summed E-state index contributed by atoms with van der Waals surface area (Å²) >= 11 is 0.940. The van der Waals surface area contributed by atoms with Gasteiger partial charge < -0.3 is 10.1 Å². The van der Waals surface area contributed by atoms with Gasteiger partial charge in [-0.25, -0.2) is 9.78 Å². The first-order valence-corrected chi connectivity index (χ1v) is 6.66. The van der Waals surface area contributed by atoms with Crippen LogP contribution >= 0.6 is 11.3 Å². The fraction of sp³-hybridized carbons (Fsp3) is 0.545. The van der Waals surface area contributed by atoms with Crippen molar-refractivity contribution >= 4 is 28.3 Å². The van der Waals surface area contributed by atoms with Crippen LogP contribution in [0.3, 0.4) is 0 Å². The molecule has 2 rings (SSSR count). The number of aromatic nitrogens is 1. The van der Waals surface area contributed by atoms with Crippen LogP contribution in [-0.2, 0) is 9.53 Å². The highest BCUT2D eigenvalue weighted by Gasteiger charge is 2.52. The number of hydrogen-bond donors (Lipinski definition) is 1. The summed E-state index contributed by atoms with van der Waals surface area (Å²) < 4.78 is 42.6. The third-order valence-electron chi connectivity index (χ3n) is 2.60. The number of halogens is 3. The van der Waals surface area contributed by atoms with Crippen LogP contribution in [0.15, 0.2) is 5.38 Å². The summed E-state index contributed by atoms with van der Waals surface area (Å²) in [6.45, 7) is 1.26. The van der Waals surface area contributed by atoms with E-state index in [2.05, 4.69) is 15.0 Å². The van der Waals surface area contributed by atoms with Crippen molar-refractivity contribution in [3.05, 3.63) is 11.1 Å². The molecule has 110 valence electrons. The number of nitrogens with one attached hydrogen (secondary N) is 1. The summed E-state index contributed by atoms with van der Waals surface area (Å²) in [6.07, 6.45) is -5.87. The van der Waals surface area contributed by atoms with Crippen LogP contribution in [0.5, 0.6) is 0 Å². The van der Waals surface area contributed by atoms with E-state index in [1.807, 2.05) is 0 Å². The van der Waals surface area contributed by atoms with Gasteiger partial charge in [-0.3, -0.25) is 4.79 Å². The van der Waals surface area contributed by atoms with E-state index in [1.165, 1.54) is 12.3 Å². The first-order valence-electron chi connectivity index (χ1n) is 5.78. The van der Waals surface area contributed by atoms with Crippen molar-refractivity contribution in [2.75, 3.05) is 5.32 Å². The Labute approximate surface area is 116 Å². The SMILES string of the molecule is CC(=O)Nc1nc(C(=O)OC(C2CC2)C(F)(F)F)cs1. The van der Waals surface area contributed by atoms with Gasteiger partial charge in [-0.05, 0) is 12.8 Å². The van der Waals surface area contributed by atoms with Gasteiger partial charge in [-0.2, -0.15) is 13.2 Å². The lowest BCUT2D eigenvalue weighted by molar-refractivity contribution is -0.210. The number of anilines is 1. The van der Waals surface area contributed by atoms with Crippen LogP contribution in [0.1, 0.15) is 30.3 Å². The molecule has 9 heteroatoms. The van der Waals surface area contributed by atoms with E-state index in [0.29, 0.717) is 12.8 Å². The molecule has 0 radical (unpaired) electrons. The van der Waals surface area contributed by atoms with Crippen molar-refractivity contribution in [1.29, 1.82) is 0 Å². The van der Waals surface area contributed by atoms with Gasteiger partial charge in [0, 0.05) is 18.2 Å². The lowest BCUT2D eigenvalue weighted by Gasteiger charge is -2.19. The highest BCUT2D eigenvalue weighted by molar-refractivity contribution is 7.14. The molecule has 1 fully saturated rings. The molecule has 5 nitrogen and oxygen atoms in total. The number of ether oxygens (including phenoxy) is 1. The molecule has 20 heavy (non-hydrogen) atoms. The molecular weight excluding hydrogens is 297 g/mol. The molecule has 1 unspecified atom stereocenters. The van der Waals surface area contributed by atoms with E-state index in [9.17, 15) is 22.8 Å². The summed E-state index contributed by atoms with van der Waals surface area (Å²) in [6, 6.07) is 0. The molecule has 1 aliphatic rings. The minimum atomic E-state index is -4.58. The van der Waals surface area contributed by atoms with E-state index >= 15 is 0 Å². The minimum absolute atomic E-state index is 0.138. The second-order valence-electron chi connectivity index (χ2n) is 4.42. The summed E-state index contributed by atoms with van der Waals surface area (Å²) in [5, 5.41) is 3.72. The smallest absolute Gasteiger partial charge is 0.425 e. The molecule has 1 amide bonds. The van der Waals surface area contributed by atoms with E-state index in [-0.39, 0.29) is 16.7 Å². The molecule has 0 spiro atoms. The van der Waals surface area contributed by atoms with Crippen molar-refractivity contribution in [1.82, 2.24) is 4.98 Å². The maximum Gasteiger partial charge on any atom is 0.425 e. The Hall–Kier alpha value is -1.64. The molecule has 1 aliphatic carbocycles. The number of alkyl halides is 3. The lowest BCUT2D eigenvalue weighted by atomic mass is 10.2. The van der Waals surface area contributed by atoms with Crippen LogP contribution in [0.4, 0.5) is 18.3 Å². The number of carbonyl (C=O) groups is 2. The quantitative estimate of drug-likeness (QED) is 0.868. The van der Waals surface area contributed by atoms with Gasteiger partial charge in [0.15, 0.2) is 16.9 Å². The van der Waals surface area contributed by atoms with E-state index in [0.717, 1.165) is 11.3 Å². The highest BCUT2D eigenvalue weighted by Crippen LogP contribution is 2.42. The zero-order chi connectivity index (χ0) is 14.9. The van der Waals surface area contributed by atoms with Gasteiger partial charge in [0.2, 0.25) is 5.91 Å². The fourth-order valence-corrected chi connectivity index (χ4v) is 2.31. The maximum absolute atomic E-state index is 12.7. The monoisotopic (exact) mass is 308 g/mol. The van der Waals surface area contributed by atoms with Gasteiger partial charge in [-0.1, -0.05) is 0 Å². The van der Waals surface area contributed by atoms with E-state index in [4.69, 9.17) is 0 Å². The number of rotatable bonds is 4. The Morgan fingerprint density at radius 2 is 2.15 bits per heavy atom. The average molecular weight is 308 g/mol. The minimum Gasteiger partial charge on any atom is -0.448 e. The molecule has 0 aromatic carbocycles. The normalized spacial score (nSPS) is 16.6.